The van der Waals surface area contributed by atoms with Crippen LogP contribution in [0.3, 0.4) is 0 Å². The van der Waals surface area contributed by atoms with Crippen molar-refractivity contribution in [3.05, 3.63) is 0 Å². The predicted octanol–water partition coefficient (Wildman–Crippen LogP) is -1.45. The third-order valence-electron chi connectivity index (χ3n) is 2.32. The average molecular weight is 173 g/mol. The Morgan fingerprint density at radius 1 is 1.33 bits per heavy atom. The first-order valence-corrected chi connectivity index (χ1v) is 4.49. The maximum atomic E-state index is 8.76. The molecule has 1 fully saturated rings. The molecular formula is C8H19N3O. The Balaban J connectivity index is 2.17. The molecule has 0 aromatic carbocycles. The van der Waals surface area contributed by atoms with E-state index in [1.807, 2.05) is 0 Å². The minimum Gasteiger partial charge on any atom is -0.395 e. The van der Waals surface area contributed by atoms with E-state index in [2.05, 4.69) is 16.8 Å². The molecule has 1 unspecified atom stereocenters. The van der Waals surface area contributed by atoms with Gasteiger partial charge in [0.1, 0.15) is 0 Å². The number of nitrogens with zero attached hydrogens (tertiary/aromatic N) is 2. The van der Waals surface area contributed by atoms with Gasteiger partial charge in [0.05, 0.1) is 6.61 Å². The lowest BCUT2D eigenvalue weighted by Crippen LogP contribution is -2.49. The Labute approximate surface area is 73.9 Å². The summed E-state index contributed by atoms with van der Waals surface area (Å²) in [6.45, 7) is 5.28. The fourth-order valence-corrected chi connectivity index (χ4v) is 1.42. The van der Waals surface area contributed by atoms with Crippen LogP contribution in [0, 0.1) is 0 Å². The van der Waals surface area contributed by atoms with Gasteiger partial charge in [0, 0.05) is 38.8 Å². The molecule has 1 heterocycles. The standard InChI is InChI=1S/C8H19N3O/c1-10-2-4-11(5-3-10)6-8(9)7-12/h8,12H,2-7,9H2,1H3. The summed E-state index contributed by atoms with van der Waals surface area (Å²) in [7, 11) is 2.13. The lowest BCUT2D eigenvalue weighted by molar-refractivity contribution is 0.134. The third kappa shape index (κ3) is 3.06. The normalized spacial score (nSPS) is 24.2. The molecule has 0 aromatic heterocycles. The quantitative estimate of drug-likeness (QED) is 0.548. The fraction of sp³-hybridized carbons (Fsp3) is 1.00. The molecule has 4 nitrogen and oxygen atoms in total. The van der Waals surface area contributed by atoms with Crippen LogP contribution in [0.1, 0.15) is 0 Å². The lowest BCUT2D eigenvalue weighted by Gasteiger charge is -2.33. The van der Waals surface area contributed by atoms with Crippen LogP contribution in [0.2, 0.25) is 0 Å². The van der Waals surface area contributed by atoms with E-state index in [4.69, 9.17) is 10.8 Å². The summed E-state index contributed by atoms with van der Waals surface area (Å²) >= 11 is 0. The Bertz CT molecular complexity index is 123. The van der Waals surface area contributed by atoms with E-state index >= 15 is 0 Å². The average Bonchev–Trinajstić information content (AvgIpc) is 2.09. The van der Waals surface area contributed by atoms with Crippen LogP contribution in [0.25, 0.3) is 0 Å². The minimum atomic E-state index is -0.0755. The second kappa shape index (κ2) is 4.77. The number of nitrogens with two attached hydrogens (primary N) is 1. The maximum absolute atomic E-state index is 8.76. The van der Waals surface area contributed by atoms with Crippen LogP contribution < -0.4 is 5.73 Å². The molecule has 0 amide bonds. The largest absolute Gasteiger partial charge is 0.395 e. The zero-order valence-electron chi connectivity index (χ0n) is 7.74. The van der Waals surface area contributed by atoms with Gasteiger partial charge in [0.2, 0.25) is 0 Å². The second-order valence-electron chi connectivity index (χ2n) is 3.55. The second-order valence-corrected chi connectivity index (χ2v) is 3.55. The summed E-state index contributed by atoms with van der Waals surface area (Å²) in [6, 6.07) is -0.0755. The van der Waals surface area contributed by atoms with Gasteiger partial charge in [-0.25, -0.2) is 0 Å². The first kappa shape index (κ1) is 9.92. The number of likely N-dealkylation sites (N-methyl/N-ethyl adjacent to an activating group) is 1. The molecule has 0 aliphatic carbocycles. The van der Waals surface area contributed by atoms with Gasteiger partial charge in [-0.3, -0.25) is 4.90 Å². The molecule has 3 N–H and O–H groups in total. The van der Waals surface area contributed by atoms with Crippen LogP contribution in [0.5, 0.6) is 0 Å². The molecule has 4 heteroatoms. The van der Waals surface area contributed by atoms with E-state index in [1.165, 1.54) is 0 Å². The SMILES string of the molecule is CN1CCN(CC(N)CO)CC1. The first-order valence-electron chi connectivity index (χ1n) is 4.49. The summed E-state index contributed by atoms with van der Waals surface area (Å²) in [5.74, 6) is 0. The van der Waals surface area contributed by atoms with E-state index in [1.54, 1.807) is 0 Å². The molecule has 1 rings (SSSR count). The number of aliphatic hydroxyl groups is 1. The molecule has 0 saturated carbocycles. The minimum absolute atomic E-state index is 0.0755. The number of hydrogen-bond acceptors (Lipinski definition) is 4. The summed E-state index contributed by atoms with van der Waals surface area (Å²) in [4.78, 5) is 4.61. The highest BCUT2D eigenvalue weighted by Gasteiger charge is 2.15. The van der Waals surface area contributed by atoms with Gasteiger partial charge >= 0.3 is 0 Å². The van der Waals surface area contributed by atoms with Crippen molar-refractivity contribution in [2.75, 3.05) is 46.4 Å². The van der Waals surface area contributed by atoms with Crippen LogP contribution >= 0.6 is 0 Å². The molecule has 1 aliphatic heterocycles. The van der Waals surface area contributed by atoms with Gasteiger partial charge in [-0.05, 0) is 7.05 Å². The molecule has 0 spiro atoms. The van der Waals surface area contributed by atoms with Gasteiger partial charge < -0.3 is 15.7 Å². The van der Waals surface area contributed by atoms with Crippen molar-refractivity contribution in [1.29, 1.82) is 0 Å². The lowest BCUT2D eigenvalue weighted by atomic mass is 10.2. The topological polar surface area (TPSA) is 52.7 Å². The number of hydrogen-bond donors (Lipinski definition) is 2. The molecule has 12 heavy (non-hydrogen) atoms. The predicted molar refractivity (Wildman–Crippen MR) is 49.0 cm³/mol. The van der Waals surface area contributed by atoms with Gasteiger partial charge in [0.25, 0.3) is 0 Å². The van der Waals surface area contributed by atoms with Gasteiger partial charge in [-0.2, -0.15) is 0 Å². The summed E-state index contributed by atoms with van der Waals surface area (Å²) in [5.41, 5.74) is 5.63. The number of rotatable bonds is 3. The number of piperazine rings is 1. The van der Waals surface area contributed by atoms with E-state index < -0.39 is 0 Å². The Morgan fingerprint density at radius 3 is 2.42 bits per heavy atom. The van der Waals surface area contributed by atoms with Crippen LogP contribution in [-0.4, -0.2) is 67.3 Å². The van der Waals surface area contributed by atoms with E-state index in [9.17, 15) is 0 Å². The zero-order valence-corrected chi connectivity index (χ0v) is 7.74. The van der Waals surface area contributed by atoms with E-state index in [0.29, 0.717) is 0 Å². The van der Waals surface area contributed by atoms with Crippen LogP contribution in [0.15, 0.2) is 0 Å². The first-order chi connectivity index (χ1) is 5.72. The maximum Gasteiger partial charge on any atom is 0.0595 e. The number of aliphatic hydroxyl groups excluding tert-OH is 1. The molecular weight excluding hydrogens is 154 g/mol. The van der Waals surface area contributed by atoms with Gasteiger partial charge in [0.15, 0.2) is 0 Å². The van der Waals surface area contributed by atoms with Crippen molar-refractivity contribution in [2.24, 2.45) is 5.73 Å². The Morgan fingerprint density at radius 2 is 1.92 bits per heavy atom. The van der Waals surface area contributed by atoms with Crippen molar-refractivity contribution in [2.45, 2.75) is 6.04 Å². The monoisotopic (exact) mass is 173 g/mol. The van der Waals surface area contributed by atoms with Gasteiger partial charge in [-0.15, -0.1) is 0 Å². The molecule has 0 bridgehead atoms. The molecule has 1 aliphatic rings. The molecule has 72 valence electrons. The van der Waals surface area contributed by atoms with Crippen molar-refractivity contribution >= 4 is 0 Å². The van der Waals surface area contributed by atoms with Crippen molar-refractivity contribution < 1.29 is 5.11 Å². The van der Waals surface area contributed by atoms with E-state index in [0.717, 1.165) is 32.7 Å². The van der Waals surface area contributed by atoms with Crippen LogP contribution in [-0.2, 0) is 0 Å². The highest BCUT2D eigenvalue weighted by atomic mass is 16.3. The van der Waals surface area contributed by atoms with Crippen LogP contribution in [0.4, 0.5) is 0 Å². The summed E-state index contributed by atoms with van der Waals surface area (Å²) in [6.07, 6.45) is 0. The smallest absolute Gasteiger partial charge is 0.0595 e. The summed E-state index contributed by atoms with van der Waals surface area (Å²) < 4.78 is 0. The van der Waals surface area contributed by atoms with Crippen molar-refractivity contribution in [3.63, 3.8) is 0 Å². The fourth-order valence-electron chi connectivity index (χ4n) is 1.42. The molecule has 1 saturated heterocycles. The van der Waals surface area contributed by atoms with Gasteiger partial charge in [-0.1, -0.05) is 0 Å². The Hall–Kier alpha value is -0.160. The molecule has 1 atom stereocenters. The third-order valence-corrected chi connectivity index (χ3v) is 2.32. The summed E-state index contributed by atoms with van der Waals surface area (Å²) in [5, 5.41) is 8.76. The Kier molecular flexibility index (Phi) is 3.94. The van der Waals surface area contributed by atoms with Crippen molar-refractivity contribution in [3.8, 4) is 0 Å². The highest BCUT2D eigenvalue weighted by Crippen LogP contribution is 1.98. The highest BCUT2D eigenvalue weighted by molar-refractivity contribution is 4.73. The van der Waals surface area contributed by atoms with E-state index in [-0.39, 0.29) is 12.6 Å². The molecule has 0 radical (unpaired) electrons. The van der Waals surface area contributed by atoms with Crippen molar-refractivity contribution in [1.82, 2.24) is 9.80 Å². The molecule has 0 aromatic rings. The zero-order chi connectivity index (χ0) is 8.97.